The van der Waals surface area contributed by atoms with Crippen molar-refractivity contribution in [1.29, 1.82) is 0 Å². The summed E-state index contributed by atoms with van der Waals surface area (Å²) < 4.78 is 10.5. The molecular formula is C22H16N2O3. The van der Waals surface area contributed by atoms with Crippen LogP contribution < -0.4 is 10.4 Å². The summed E-state index contributed by atoms with van der Waals surface area (Å²) in [6.45, 7) is 0.353. The molecule has 0 aromatic heterocycles. The van der Waals surface area contributed by atoms with Crippen molar-refractivity contribution in [3.05, 3.63) is 58.5 Å². The van der Waals surface area contributed by atoms with Gasteiger partial charge in [0, 0.05) is 17.9 Å². The third-order valence-corrected chi connectivity index (χ3v) is 4.97. The fourth-order valence-corrected chi connectivity index (χ4v) is 3.65. The first-order valence-electron chi connectivity index (χ1n) is 8.77. The smallest absolute Gasteiger partial charge is 0.313 e. The zero-order chi connectivity index (χ0) is 18.4. The van der Waals surface area contributed by atoms with Gasteiger partial charge in [0.1, 0.15) is 5.76 Å². The summed E-state index contributed by atoms with van der Waals surface area (Å²) in [5.74, 6) is 0.301. The van der Waals surface area contributed by atoms with Crippen molar-refractivity contribution in [2.24, 2.45) is 10.2 Å². The van der Waals surface area contributed by atoms with Crippen LogP contribution in [0, 0.1) is 0 Å². The summed E-state index contributed by atoms with van der Waals surface area (Å²) >= 11 is 0. The Hall–Kier alpha value is -3.31. The highest BCUT2D eigenvalue weighted by atomic mass is 16.5. The van der Waals surface area contributed by atoms with Crippen molar-refractivity contribution < 1.29 is 14.3 Å². The molecule has 0 saturated heterocycles. The molecule has 0 saturated carbocycles. The highest BCUT2D eigenvalue weighted by Gasteiger charge is 2.16. The Balaban J connectivity index is 1.60. The average molecular weight is 356 g/mol. The third-order valence-electron chi connectivity index (χ3n) is 4.97. The van der Waals surface area contributed by atoms with Gasteiger partial charge in [0.15, 0.2) is 0 Å². The number of carbonyl (C=O) groups excluding carboxylic acids is 1. The number of ether oxygens (including phenoxy) is 2. The highest BCUT2D eigenvalue weighted by molar-refractivity contribution is 6.09. The summed E-state index contributed by atoms with van der Waals surface area (Å²) in [5, 5.41) is 14.8. The van der Waals surface area contributed by atoms with Gasteiger partial charge in [0.25, 0.3) is 0 Å². The number of nitrogens with zero attached hydrogens (tertiary/aromatic N) is 2. The number of esters is 1. The fourth-order valence-electron chi connectivity index (χ4n) is 3.65. The lowest BCUT2D eigenvalue weighted by Crippen LogP contribution is -2.11. The van der Waals surface area contributed by atoms with Crippen LogP contribution in [-0.2, 0) is 14.3 Å². The second-order valence-electron chi connectivity index (χ2n) is 6.58. The number of hydrogen-bond donors (Lipinski definition) is 0. The number of carbonyl (C=O) groups is 1. The van der Waals surface area contributed by atoms with Gasteiger partial charge >= 0.3 is 5.97 Å². The zero-order valence-electron chi connectivity index (χ0n) is 14.7. The molecule has 1 aliphatic carbocycles. The Kier molecular flexibility index (Phi) is 3.62. The molecule has 0 amide bonds. The molecule has 0 fully saturated rings. The van der Waals surface area contributed by atoms with Crippen LogP contribution in [0.15, 0.2) is 52.7 Å². The van der Waals surface area contributed by atoms with E-state index in [1.807, 2.05) is 18.2 Å². The summed E-state index contributed by atoms with van der Waals surface area (Å²) in [6.07, 6.45) is 5.88. The lowest BCUT2D eigenvalue weighted by molar-refractivity contribution is -0.137. The summed E-state index contributed by atoms with van der Waals surface area (Å²) in [5.41, 5.74) is 1.84. The first kappa shape index (κ1) is 15.9. The van der Waals surface area contributed by atoms with Crippen LogP contribution in [0.1, 0.15) is 12.0 Å². The van der Waals surface area contributed by atoms with E-state index in [-0.39, 0.29) is 12.4 Å². The van der Waals surface area contributed by atoms with Gasteiger partial charge in [-0.15, -0.1) is 0 Å². The van der Waals surface area contributed by atoms with Crippen molar-refractivity contribution >= 4 is 51.2 Å². The van der Waals surface area contributed by atoms with E-state index < -0.39 is 0 Å². The molecule has 5 nitrogen and oxygen atoms in total. The molecule has 0 bridgehead atoms. The molecule has 1 heterocycles. The molecule has 27 heavy (non-hydrogen) atoms. The Morgan fingerprint density at radius 2 is 1.93 bits per heavy atom. The van der Waals surface area contributed by atoms with E-state index in [2.05, 4.69) is 40.6 Å². The predicted octanol–water partition coefficient (Wildman–Crippen LogP) is 3.54. The van der Waals surface area contributed by atoms with Gasteiger partial charge in [-0.05, 0) is 57.1 Å². The fraction of sp³-hybridized carbons (Fsp3) is 0.136. The van der Waals surface area contributed by atoms with Crippen LogP contribution in [-0.4, -0.2) is 19.7 Å². The lowest BCUT2D eigenvalue weighted by atomic mass is 9.97. The number of hydrogen-bond acceptors (Lipinski definition) is 5. The number of allylic oxidation sites excluding steroid dienone is 1. The Morgan fingerprint density at radius 1 is 1.04 bits per heavy atom. The van der Waals surface area contributed by atoms with Crippen LogP contribution in [0.4, 0.5) is 5.69 Å². The van der Waals surface area contributed by atoms with Crippen LogP contribution in [0.5, 0.6) is 0 Å². The summed E-state index contributed by atoms with van der Waals surface area (Å²) in [7, 11) is 1.57. The molecule has 0 N–H and O–H groups in total. The van der Waals surface area contributed by atoms with Crippen molar-refractivity contribution in [1.82, 2.24) is 0 Å². The molecule has 3 aromatic carbocycles. The van der Waals surface area contributed by atoms with E-state index in [0.717, 1.165) is 43.2 Å². The molecule has 0 atom stereocenters. The Labute approximate surface area is 154 Å². The van der Waals surface area contributed by atoms with Gasteiger partial charge in [-0.3, -0.25) is 4.79 Å². The Bertz CT molecular complexity index is 1300. The largest absolute Gasteiger partial charge is 0.426 e. The van der Waals surface area contributed by atoms with E-state index >= 15 is 0 Å². The minimum Gasteiger partial charge on any atom is -0.426 e. The number of azo groups is 1. The number of fused-ring (bicyclic) bond motifs is 6. The maximum atomic E-state index is 11.9. The summed E-state index contributed by atoms with van der Waals surface area (Å²) in [4.78, 5) is 11.9. The lowest BCUT2D eigenvalue weighted by Gasteiger charge is -2.10. The predicted molar refractivity (Wildman–Crippen MR) is 105 cm³/mol. The van der Waals surface area contributed by atoms with E-state index in [0.29, 0.717) is 12.4 Å². The van der Waals surface area contributed by atoms with Crippen LogP contribution in [0.2, 0.25) is 0 Å². The molecule has 2 aliphatic rings. The quantitative estimate of drug-likeness (QED) is 0.531. The van der Waals surface area contributed by atoms with E-state index in [9.17, 15) is 4.79 Å². The van der Waals surface area contributed by atoms with E-state index in [4.69, 9.17) is 9.47 Å². The minimum absolute atomic E-state index is 0.235. The monoisotopic (exact) mass is 356 g/mol. The maximum absolute atomic E-state index is 11.9. The molecule has 5 heteroatoms. The standard InChI is InChI=1S/C22H16N2O3/c1-26-9-8-22(25)27-21-7-6-16-15-3-2-13-11-20-14(12-23-24-20)10-19(13)17(15)4-5-18(16)21/h2-7,10-12H,8-9H2,1H3. The van der Waals surface area contributed by atoms with Crippen molar-refractivity contribution in [3.63, 3.8) is 0 Å². The molecule has 3 aromatic rings. The molecule has 5 rings (SSSR count). The molecular weight excluding hydrogens is 340 g/mol. The first-order valence-corrected chi connectivity index (χ1v) is 8.77. The average Bonchev–Trinajstić information content (AvgIpc) is 3.31. The van der Waals surface area contributed by atoms with Gasteiger partial charge in [0.05, 0.1) is 24.9 Å². The minimum atomic E-state index is -0.290. The van der Waals surface area contributed by atoms with Gasteiger partial charge in [-0.1, -0.05) is 18.2 Å². The Morgan fingerprint density at radius 3 is 2.81 bits per heavy atom. The van der Waals surface area contributed by atoms with E-state index in [1.165, 1.54) is 0 Å². The van der Waals surface area contributed by atoms with Gasteiger partial charge in [-0.2, -0.15) is 10.2 Å². The second kappa shape index (κ2) is 6.14. The molecule has 0 radical (unpaired) electrons. The van der Waals surface area contributed by atoms with Crippen LogP contribution in [0.3, 0.4) is 0 Å². The van der Waals surface area contributed by atoms with Gasteiger partial charge in [0.2, 0.25) is 0 Å². The number of rotatable bonds is 4. The normalized spacial score (nSPS) is 13.9. The molecule has 0 unspecified atom stereocenters. The van der Waals surface area contributed by atoms with Crippen molar-refractivity contribution in [2.75, 3.05) is 13.7 Å². The molecule has 0 spiro atoms. The second-order valence-corrected chi connectivity index (χ2v) is 6.58. The van der Waals surface area contributed by atoms with Gasteiger partial charge < -0.3 is 9.47 Å². The van der Waals surface area contributed by atoms with E-state index in [1.54, 1.807) is 13.3 Å². The highest BCUT2D eigenvalue weighted by Crippen LogP contribution is 2.29. The van der Waals surface area contributed by atoms with Crippen molar-refractivity contribution in [2.45, 2.75) is 6.42 Å². The molecule has 132 valence electrons. The topological polar surface area (TPSA) is 60.2 Å². The zero-order valence-corrected chi connectivity index (χ0v) is 14.7. The first-order chi connectivity index (χ1) is 13.2. The SMILES string of the molecule is COCCC(=O)OC1=CC=c2c1ccc1c2ccc2cc3c(cc21)=CN=N3. The van der Waals surface area contributed by atoms with Crippen LogP contribution >= 0.6 is 0 Å². The van der Waals surface area contributed by atoms with Gasteiger partial charge in [-0.25, -0.2) is 0 Å². The summed E-state index contributed by atoms with van der Waals surface area (Å²) in [6, 6.07) is 12.5. The number of benzene rings is 3. The van der Waals surface area contributed by atoms with Crippen LogP contribution in [0.25, 0.3) is 39.6 Å². The number of methoxy groups -OCH3 is 1. The molecule has 1 aliphatic heterocycles. The van der Waals surface area contributed by atoms with Crippen molar-refractivity contribution in [3.8, 4) is 0 Å². The third kappa shape index (κ3) is 2.55. The maximum Gasteiger partial charge on any atom is 0.313 e.